The van der Waals surface area contributed by atoms with Crippen LogP contribution in [0.3, 0.4) is 0 Å². The van der Waals surface area contributed by atoms with Gasteiger partial charge in [-0.05, 0) is 157 Å². The molecule has 0 N–H and O–H groups in total. The smallest absolute Gasteiger partial charge is 0.137 e. The molecule has 8 heteroatoms. The zero-order chi connectivity index (χ0) is 62.1. The van der Waals surface area contributed by atoms with Gasteiger partial charge in [0.25, 0.3) is 0 Å². The molecule has 0 aliphatic rings. The molecular weight excluding hydrogens is 1150 g/mol. The zero-order valence-electron chi connectivity index (χ0n) is 51.1. The van der Waals surface area contributed by atoms with Crippen LogP contribution in [0.25, 0.3) is 122 Å². The van der Waals surface area contributed by atoms with E-state index in [1.807, 2.05) is 12.1 Å². The van der Waals surface area contributed by atoms with E-state index >= 15 is 0 Å². The second-order valence-corrected chi connectivity index (χ2v) is 23.8. The van der Waals surface area contributed by atoms with Crippen LogP contribution in [0, 0.1) is 0 Å². The lowest BCUT2D eigenvalue weighted by atomic mass is 10.0. The monoisotopic (exact) mass is 1200 g/mol. The highest BCUT2D eigenvalue weighted by Gasteiger charge is 2.22. The average Bonchev–Trinajstić information content (AvgIpc) is 1.48. The van der Waals surface area contributed by atoms with Crippen molar-refractivity contribution >= 4 is 89.0 Å². The largest absolute Gasteiger partial charge is 0.311 e. The van der Waals surface area contributed by atoms with Crippen LogP contribution in [0.4, 0.5) is 34.1 Å². The molecule has 6 heterocycles. The summed E-state index contributed by atoms with van der Waals surface area (Å²) in [5.41, 5.74) is 25.5. The Morgan fingerprint density at radius 1 is 0.213 bits per heavy atom. The number of imidazole rings is 2. The van der Waals surface area contributed by atoms with E-state index in [1.165, 1.54) is 43.6 Å². The van der Waals surface area contributed by atoms with E-state index in [2.05, 4.69) is 368 Å². The number of fused-ring (bicyclic) bond motifs is 8. The van der Waals surface area contributed by atoms with Crippen LogP contribution < -0.4 is 9.80 Å². The highest BCUT2D eigenvalue weighted by molar-refractivity contribution is 6.10. The van der Waals surface area contributed by atoms with Crippen molar-refractivity contribution in [3.63, 3.8) is 0 Å². The van der Waals surface area contributed by atoms with Gasteiger partial charge in [0.1, 0.15) is 11.3 Å². The second-order valence-electron chi connectivity index (χ2n) is 23.8. The molecule has 0 saturated carbocycles. The quantitative estimate of drug-likeness (QED) is 0.115. The van der Waals surface area contributed by atoms with Crippen molar-refractivity contribution in [3.05, 3.63) is 352 Å². The van der Waals surface area contributed by atoms with Gasteiger partial charge in [0.05, 0.1) is 44.8 Å². The first-order valence-corrected chi connectivity index (χ1v) is 31.9. The van der Waals surface area contributed by atoms with Crippen LogP contribution in [0.15, 0.2) is 352 Å². The number of aromatic nitrogens is 6. The summed E-state index contributed by atoms with van der Waals surface area (Å²) in [4.78, 5) is 15.0. The van der Waals surface area contributed by atoms with Crippen LogP contribution in [0.5, 0.6) is 0 Å². The molecule has 0 aliphatic heterocycles. The van der Waals surface area contributed by atoms with Crippen molar-refractivity contribution in [1.29, 1.82) is 0 Å². The number of benzene rings is 12. The summed E-state index contributed by atoms with van der Waals surface area (Å²) < 4.78 is 9.14. The number of nitrogens with zero attached hydrogens (tertiary/aromatic N) is 8. The summed E-state index contributed by atoms with van der Waals surface area (Å²) in [5, 5.41) is 4.95. The topological polar surface area (TPSA) is 50.9 Å². The van der Waals surface area contributed by atoms with Crippen molar-refractivity contribution in [2.45, 2.75) is 0 Å². The van der Waals surface area contributed by atoms with Gasteiger partial charge in [-0.25, -0.2) is 9.97 Å². The number of hydrogen-bond donors (Lipinski definition) is 0. The first-order valence-electron chi connectivity index (χ1n) is 31.9. The van der Waals surface area contributed by atoms with Crippen LogP contribution in [0.2, 0.25) is 0 Å². The van der Waals surface area contributed by atoms with E-state index in [-0.39, 0.29) is 0 Å². The molecule has 0 amide bonds. The van der Waals surface area contributed by atoms with E-state index in [0.29, 0.717) is 0 Å². The fourth-order valence-electron chi connectivity index (χ4n) is 14.1. The van der Waals surface area contributed by atoms with E-state index in [4.69, 9.17) is 9.97 Å². The van der Waals surface area contributed by atoms with Gasteiger partial charge < -0.3 is 18.9 Å². The number of para-hydroxylation sites is 4. The van der Waals surface area contributed by atoms with E-state index < -0.39 is 0 Å². The fourth-order valence-corrected chi connectivity index (χ4v) is 14.1. The lowest BCUT2D eigenvalue weighted by Crippen LogP contribution is -2.10. The maximum absolute atomic E-state index is 5.15. The van der Waals surface area contributed by atoms with Crippen molar-refractivity contribution in [3.8, 4) is 67.5 Å². The molecule has 6 aromatic heterocycles. The molecule has 18 aromatic rings. The van der Waals surface area contributed by atoms with Crippen LogP contribution in [-0.2, 0) is 0 Å². The number of hydrogen-bond acceptors (Lipinski definition) is 4. The highest BCUT2D eigenvalue weighted by Crippen LogP contribution is 2.44. The second kappa shape index (κ2) is 22.6. The molecule has 0 saturated heterocycles. The van der Waals surface area contributed by atoms with Gasteiger partial charge in [0.2, 0.25) is 0 Å². The highest BCUT2D eigenvalue weighted by atomic mass is 15.2. The molecular formula is C86H58N8. The van der Waals surface area contributed by atoms with E-state index in [0.717, 1.165) is 113 Å². The van der Waals surface area contributed by atoms with Crippen LogP contribution in [-0.4, -0.2) is 27.9 Å². The SMILES string of the molecule is c1ccc(-c2nc3ccccn3c2-c2ccc(N(c3ccc(-c4ccc(N(c5ccc(-c6c(-c7ccccc7)nc7ccccn67)cc5)c5ccc(-n6c7ccccc7c7ccccc76)cc5)cc4)cc3)c3ccc(-n4c5ccccc5c5ccccc54)cc3)cc2)cc1. The van der Waals surface area contributed by atoms with Crippen molar-refractivity contribution < 1.29 is 0 Å². The summed E-state index contributed by atoms with van der Waals surface area (Å²) in [5.74, 6) is 0. The molecule has 12 aromatic carbocycles. The predicted octanol–water partition coefficient (Wildman–Crippen LogP) is 22.5. The molecule has 0 atom stereocenters. The third-order valence-corrected chi connectivity index (χ3v) is 18.4. The molecule has 0 spiro atoms. The zero-order valence-corrected chi connectivity index (χ0v) is 51.1. The summed E-state index contributed by atoms with van der Waals surface area (Å²) >= 11 is 0. The van der Waals surface area contributed by atoms with Crippen molar-refractivity contribution in [1.82, 2.24) is 27.9 Å². The van der Waals surface area contributed by atoms with E-state index in [1.54, 1.807) is 0 Å². The van der Waals surface area contributed by atoms with Gasteiger partial charge in [-0.2, -0.15) is 0 Å². The number of rotatable bonds is 13. The van der Waals surface area contributed by atoms with Gasteiger partial charge in [0.15, 0.2) is 0 Å². The Bertz CT molecular complexity index is 5340. The summed E-state index contributed by atoms with van der Waals surface area (Å²) in [6.45, 7) is 0. The Morgan fingerprint density at radius 3 is 0.798 bits per heavy atom. The number of pyridine rings is 2. The number of anilines is 6. The Balaban J connectivity index is 0.711. The molecule has 442 valence electrons. The predicted molar refractivity (Wildman–Crippen MR) is 389 cm³/mol. The molecule has 0 radical (unpaired) electrons. The molecule has 0 fully saturated rings. The third kappa shape index (κ3) is 9.22. The lowest BCUT2D eigenvalue weighted by Gasteiger charge is -2.27. The molecule has 0 aliphatic carbocycles. The first kappa shape index (κ1) is 54.2. The molecule has 94 heavy (non-hydrogen) atoms. The minimum absolute atomic E-state index is 0.905. The Labute approximate surface area is 543 Å². The summed E-state index contributed by atoms with van der Waals surface area (Å²) in [6, 6.07) is 122. The van der Waals surface area contributed by atoms with Gasteiger partial charge in [-0.3, -0.25) is 8.80 Å². The van der Waals surface area contributed by atoms with Crippen molar-refractivity contribution in [2.75, 3.05) is 9.80 Å². The van der Waals surface area contributed by atoms with Crippen molar-refractivity contribution in [2.24, 2.45) is 0 Å². The molecule has 18 rings (SSSR count). The van der Waals surface area contributed by atoms with Crippen LogP contribution >= 0.6 is 0 Å². The maximum atomic E-state index is 5.15. The van der Waals surface area contributed by atoms with Gasteiger partial charge >= 0.3 is 0 Å². The Morgan fingerprint density at radius 2 is 0.479 bits per heavy atom. The average molecular weight is 1200 g/mol. The summed E-state index contributed by atoms with van der Waals surface area (Å²) in [7, 11) is 0. The molecule has 8 nitrogen and oxygen atoms in total. The van der Waals surface area contributed by atoms with Gasteiger partial charge in [-0.15, -0.1) is 0 Å². The fraction of sp³-hybridized carbons (Fsp3) is 0. The molecule has 0 unspecified atom stereocenters. The Hall–Kier alpha value is -12.8. The van der Waals surface area contributed by atoms with E-state index in [9.17, 15) is 0 Å². The maximum Gasteiger partial charge on any atom is 0.137 e. The van der Waals surface area contributed by atoms with Gasteiger partial charge in [0, 0.05) is 102 Å². The minimum atomic E-state index is 0.905. The Kier molecular flexibility index (Phi) is 13.0. The minimum Gasteiger partial charge on any atom is -0.311 e. The third-order valence-electron chi connectivity index (χ3n) is 18.4. The van der Waals surface area contributed by atoms with Crippen LogP contribution in [0.1, 0.15) is 0 Å². The van der Waals surface area contributed by atoms with Gasteiger partial charge in [-0.1, -0.05) is 194 Å². The standard InChI is InChI=1S/C86H58N8/c1-3-19-61(20-4-1)83-85(89-57-17-15-31-81(89)87-83)63-37-45-67(46-38-63)91(69-49-53-71(54-50-69)93-77-27-11-7-23-73(77)74-24-8-12-28-78(74)93)65-41-33-59(34-42-65)60-35-43-66(44-36-60)92(70-51-55-72(56-52-70)94-79-29-13-9-25-75(79)76-26-10-14-30-80(76)94)68-47-39-64(40-48-68)86-84(62-21-5-2-6-22-62)88-82-32-16-18-58-90(82)86/h1-58H. The lowest BCUT2D eigenvalue weighted by molar-refractivity contribution is 1.17. The summed E-state index contributed by atoms with van der Waals surface area (Å²) in [6.07, 6.45) is 4.21. The first-order chi connectivity index (χ1) is 46.6. The molecule has 0 bridgehead atoms. The normalized spacial score (nSPS) is 11.6.